The first-order valence-electron chi connectivity index (χ1n) is 8.25. The Kier molecular flexibility index (Phi) is 5.82. The molecule has 0 aliphatic heterocycles. The van der Waals surface area contributed by atoms with E-state index >= 15 is 0 Å². The lowest BCUT2D eigenvalue weighted by atomic mass is 10.1. The summed E-state index contributed by atoms with van der Waals surface area (Å²) in [5, 5.41) is 11.1. The minimum absolute atomic E-state index is 0.152. The largest absolute Gasteiger partial charge is 0.324 e. The van der Waals surface area contributed by atoms with Crippen molar-refractivity contribution in [3.63, 3.8) is 0 Å². The molecule has 0 fully saturated rings. The molecule has 0 aliphatic rings. The van der Waals surface area contributed by atoms with Crippen molar-refractivity contribution in [3.8, 4) is 5.69 Å². The monoisotopic (exact) mass is 404 g/mol. The van der Waals surface area contributed by atoms with Gasteiger partial charge in [-0.2, -0.15) is 0 Å². The molecular formula is C19H18ClFN4OS. The van der Waals surface area contributed by atoms with Crippen LogP contribution in [0.15, 0.2) is 47.9 Å². The van der Waals surface area contributed by atoms with Gasteiger partial charge in [0, 0.05) is 0 Å². The smallest absolute Gasteiger partial charge is 0.237 e. The second-order valence-electron chi connectivity index (χ2n) is 6.15. The number of hydrogen-bond donors (Lipinski definition) is 1. The van der Waals surface area contributed by atoms with E-state index in [0.29, 0.717) is 10.8 Å². The molecule has 5 nitrogen and oxygen atoms in total. The average molecular weight is 405 g/mol. The van der Waals surface area contributed by atoms with Gasteiger partial charge in [0.2, 0.25) is 5.91 Å². The van der Waals surface area contributed by atoms with E-state index in [4.69, 9.17) is 11.6 Å². The zero-order valence-corrected chi connectivity index (χ0v) is 16.6. The van der Waals surface area contributed by atoms with Gasteiger partial charge in [-0.05, 0) is 50.6 Å². The summed E-state index contributed by atoms with van der Waals surface area (Å²) in [5.74, 6) is -0.717. The SMILES string of the molecule is Cc1ccc(-n2cnnc2SC(C)C(=O)Nc2ccc(F)cc2Cl)c(C)c1. The number of aromatic nitrogens is 3. The third kappa shape index (κ3) is 4.48. The van der Waals surface area contributed by atoms with E-state index < -0.39 is 11.1 Å². The fraction of sp³-hybridized carbons (Fsp3) is 0.211. The van der Waals surface area contributed by atoms with Crippen LogP contribution in [0.2, 0.25) is 5.02 Å². The molecule has 1 unspecified atom stereocenters. The van der Waals surface area contributed by atoms with Crippen molar-refractivity contribution in [2.75, 3.05) is 5.32 Å². The van der Waals surface area contributed by atoms with Gasteiger partial charge in [0.1, 0.15) is 12.1 Å². The Bertz CT molecular complexity index is 992. The van der Waals surface area contributed by atoms with E-state index in [-0.39, 0.29) is 10.9 Å². The highest BCUT2D eigenvalue weighted by molar-refractivity contribution is 8.00. The van der Waals surface area contributed by atoms with E-state index in [1.807, 2.05) is 30.5 Å². The van der Waals surface area contributed by atoms with Gasteiger partial charge in [-0.1, -0.05) is 41.1 Å². The number of hydrogen-bond acceptors (Lipinski definition) is 4. The van der Waals surface area contributed by atoms with Crippen molar-refractivity contribution < 1.29 is 9.18 Å². The minimum Gasteiger partial charge on any atom is -0.324 e. The number of nitrogens with one attached hydrogen (secondary N) is 1. The van der Waals surface area contributed by atoms with Crippen molar-refractivity contribution in [1.82, 2.24) is 14.8 Å². The summed E-state index contributed by atoms with van der Waals surface area (Å²) in [7, 11) is 0. The number of carbonyl (C=O) groups is 1. The molecule has 8 heteroatoms. The molecule has 0 radical (unpaired) electrons. The van der Waals surface area contributed by atoms with Crippen molar-refractivity contribution in [1.29, 1.82) is 0 Å². The number of carbonyl (C=O) groups excluding carboxylic acids is 1. The standard InChI is InChI=1S/C19H18ClFN4OS/c1-11-4-7-17(12(2)8-11)25-10-22-24-19(25)27-13(3)18(26)23-16-6-5-14(21)9-15(16)20/h4-10,13H,1-3H3,(H,23,26). The molecule has 3 aromatic rings. The van der Waals surface area contributed by atoms with E-state index in [9.17, 15) is 9.18 Å². The Labute approximate surface area is 166 Å². The van der Waals surface area contributed by atoms with Crippen LogP contribution in [0.5, 0.6) is 0 Å². The fourth-order valence-corrected chi connectivity index (χ4v) is 3.63. The number of rotatable bonds is 5. The van der Waals surface area contributed by atoms with Crippen LogP contribution in [0.1, 0.15) is 18.1 Å². The molecule has 1 N–H and O–H groups in total. The number of aryl methyl sites for hydroxylation is 2. The summed E-state index contributed by atoms with van der Waals surface area (Å²) in [6.07, 6.45) is 1.63. The minimum atomic E-state index is -0.458. The maximum atomic E-state index is 13.1. The number of halogens is 2. The molecule has 140 valence electrons. The maximum Gasteiger partial charge on any atom is 0.237 e. The highest BCUT2D eigenvalue weighted by atomic mass is 35.5. The third-order valence-corrected chi connectivity index (χ3v) is 5.34. The molecule has 1 aromatic heterocycles. The quantitative estimate of drug-likeness (QED) is 0.621. The van der Waals surface area contributed by atoms with Crippen molar-refractivity contribution >= 4 is 35.0 Å². The molecule has 1 heterocycles. The van der Waals surface area contributed by atoms with Crippen LogP contribution >= 0.6 is 23.4 Å². The molecule has 1 atom stereocenters. The maximum absolute atomic E-state index is 13.1. The van der Waals surface area contributed by atoms with Crippen LogP contribution < -0.4 is 5.32 Å². The predicted octanol–water partition coefficient (Wildman–Crippen LogP) is 4.80. The van der Waals surface area contributed by atoms with E-state index in [1.165, 1.54) is 29.5 Å². The molecule has 27 heavy (non-hydrogen) atoms. The topological polar surface area (TPSA) is 59.8 Å². The normalized spacial score (nSPS) is 12.0. The summed E-state index contributed by atoms with van der Waals surface area (Å²) < 4.78 is 15.0. The molecule has 0 spiro atoms. The zero-order chi connectivity index (χ0) is 19.6. The van der Waals surface area contributed by atoms with Gasteiger partial charge in [-0.25, -0.2) is 4.39 Å². The lowest BCUT2D eigenvalue weighted by Crippen LogP contribution is -2.23. The molecular weight excluding hydrogens is 387 g/mol. The van der Waals surface area contributed by atoms with Crippen LogP contribution in [-0.2, 0) is 4.79 Å². The first kappa shape index (κ1) is 19.4. The van der Waals surface area contributed by atoms with Crippen molar-refractivity contribution in [3.05, 3.63) is 64.7 Å². The molecule has 3 rings (SSSR count). The number of nitrogens with zero attached hydrogens (tertiary/aromatic N) is 3. The van der Waals surface area contributed by atoms with Crippen LogP contribution in [0.3, 0.4) is 0 Å². The molecule has 0 saturated carbocycles. The summed E-state index contributed by atoms with van der Waals surface area (Å²) in [5.41, 5.74) is 3.59. The van der Waals surface area contributed by atoms with Crippen LogP contribution in [0, 0.1) is 19.7 Å². The molecule has 1 amide bonds. The van der Waals surface area contributed by atoms with Gasteiger partial charge in [-0.15, -0.1) is 10.2 Å². The van der Waals surface area contributed by atoms with Gasteiger partial charge in [0.25, 0.3) is 0 Å². The van der Waals surface area contributed by atoms with Gasteiger partial charge < -0.3 is 5.32 Å². The fourth-order valence-electron chi connectivity index (χ4n) is 2.58. The lowest BCUT2D eigenvalue weighted by molar-refractivity contribution is -0.115. The zero-order valence-electron chi connectivity index (χ0n) is 15.0. The Morgan fingerprint density at radius 2 is 2.04 bits per heavy atom. The van der Waals surface area contributed by atoms with Gasteiger partial charge in [0.05, 0.1) is 21.6 Å². The Balaban J connectivity index is 1.76. The lowest BCUT2D eigenvalue weighted by Gasteiger charge is -2.14. The summed E-state index contributed by atoms with van der Waals surface area (Å²) >= 11 is 7.25. The number of benzene rings is 2. The second kappa shape index (κ2) is 8.10. The number of anilines is 1. The van der Waals surface area contributed by atoms with Gasteiger partial charge >= 0.3 is 0 Å². The van der Waals surface area contributed by atoms with E-state index in [2.05, 4.69) is 21.6 Å². The van der Waals surface area contributed by atoms with Gasteiger partial charge in [0.15, 0.2) is 5.16 Å². The van der Waals surface area contributed by atoms with E-state index in [1.54, 1.807) is 13.3 Å². The highest BCUT2D eigenvalue weighted by Crippen LogP contribution is 2.28. The Hall–Kier alpha value is -2.38. The highest BCUT2D eigenvalue weighted by Gasteiger charge is 2.20. The van der Waals surface area contributed by atoms with Crippen LogP contribution in [-0.4, -0.2) is 25.9 Å². The summed E-state index contributed by atoms with van der Waals surface area (Å²) in [4.78, 5) is 12.5. The average Bonchev–Trinajstić information content (AvgIpc) is 3.05. The second-order valence-corrected chi connectivity index (χ2v) is 7.86. The Morgan fingerprint density at radius 3 is 2.74 bits per heavy atom. The molecule has 0 saturated heterocycles. The van der Waals surface area contributed by atoms with Crippen molar-refractivity contribution in [2.24, 2.45) is 0 Å². The van der Waals surface area contributed by atoms with Crippen molar-refractivity contribution in [2.45, 2.75) is 31.2 Å². The molecule has 0 bridgehead atoms. The van der Waals surface area contributed by atoms with Gasteiger partial charge in [-0.3, -0.25) is 9.36 Å². The first-order chi connectivity index (χ1) is 12.8. The van der Waals surface area contributed by atoms with E-state index in [0.717, 1.165) is 17.3 Å². The molecule has 0 aliphatic carbocycles. The third-order valence-electron chi connectivity index (χ3n) is 3.97. The number of thioether (sulfide) groups is 1. The Morgan fingerprint density at radius 1 is 1.26 bits per heavy atom. The first-order valence-corrected chi connectivity index (χ1v) is 9.51. The summed E-state index contributed by atoms with van der Waals surface area (Å²) in [6.45, 7) is 5.81. The van der Waals surface area contributed by atoms with Crippen LogP contribution in [0.4, 0.5) is 10.1 Å². The number of amides is 1. The molecule has 2 aromatic carbocycles. The predicted molar refractivity (Wildman–Crippen MR) is 106 cm³/mol. The van der Waals surface area contributed by atoms with Crippen LogP contribution in [0.25, 0.3) is 5.69 Å². The summed E-state index contributed by atoms with van der Waals surface area (Å²) in [6, 6.07) is 9.94.